The van der Waals surface area contributed by atoms with Crippen molar-refractivity contribution in [2.24, 2.45) is 0 Å². The quantitative estimate of drug-likeness (QED) is 0.602. The smallest absolute Gasteiger partial charge is 0.239 e. The molecule has 148 valence electrons. The molecule has 0 spiro atoms. The third-order valence-electron chi connectivity index (χ3n) is 4.25. The van der Waals surface area contributed by atoms with Crippen LogP contribution in [0.5, 0.6) is 11.5 Å². The number of benzene rings is 2. The van der Waals surface area contributed by atoms with Gasteiger partial charge in [-0.3, -0.25) is 4.79 Å². The number of nitrogens with one attached hydrogen (secondary N) is 1. The van der Waals surface area contributed by atoms with Gasteiger partial charge in [-0.05, 0) is 36.2 Å². The molecule has 1 aromatic heterocycles. The zero-order chi connectivity index (χ0) is 20.1. The lowest BCUT2D eigenvalue weighted by Gasteiger charge is -2.15. The molecule has 2 aromatic carbocycles. The molecule has 0 saturated carbocycles. The second kappa shape index (κ2) is 9.12. The predicted octanol–water partition coefficient (Wildman–Crippen LogP) is 3.76. The minimum absolute atomic E-state index is 0.0617. The molecule has 0 fully saturated rings. The van der Waals surface area contributed by atoms with Crippen LogP contribution in [0.4, 0.5) is 5.13 Å². The summed E-state index contributed by atoms with van der Waals surface area (Å²) in [4.78, 5) is 18.6. The van der Waals surface area contributed by atoms with E-state index in [4.69, 9.17) is 21.1 Å². The zero-order valence-corrected chi connectivity index (χ0v) is 17.6. The molecular weight excluding hydrogens is 398 g/mol. The Morgan fingerprint density at radius 1 is 1.21 bits per heavy atom. The van der Waals surface area contributed by atoms with Gasteiger partial charge in [-0.1, -0.05) is 35.1 Å². The number of likely N-dealkylation sites (N-methyl/N-ethyl adjacent to an activating group) is 1. The van der Waals surface area contributed by atoms with Gasteiger partial charge in [0.05, 0.1) is 30.5 Å². The van der Waals surface area contributed by atoms with Gasteiger partial charge in [0.25, 0.3) is 0 Å². The molecule has 0 unspecified atom stereocenters. The van der Waals surface area contributed by atoms with Crippen LogP contribution in [0.1, 0.15) is 5.56 Å². The second-order valence-corrected chi connectivity index (χ2v) is 7.64. The summed E-state index contributed by atoms with van der Waals surface area (Å²) in [5.41, 5.74) is 1.83. The van der Waals surface area contributed by atoms with E-state index in [1.807, 2.05) is 48.3 Å². The number of para-hydroxylation sites is 1. The standard InChI is InChI=1S/C20H22ClN3O3S/c1-24(20-23-19-14(21)5-4-6-17(19)28-20)12-18(25)22-10-9-13-7-8-15(26-2)16(11-13)27-3/h4-8,11H,9-10,12H2,1-3H3,(H,22,25). The van der Waals surface area contributed by atoms with Gasteiger partial charge in [0.1, 0.15) is 5.52 Å². The third-order valence-corrected chi connectivity index (χ3v) is 5.69. The fourth-order valence-corrected chi connectivity index (χ4v) is 4.01. The molecule has 8 heteroatoms. The van der Waals surface area contributed by atoms with Crippen molar-refractivity contribution in [3.05, 3.63) is 47.0 Å². The number of rotatable bonds is 8. The molecule has 1 heterocycles. The normalized spacial score (nSPS) is 10.7. The van der Waals surface area contributed by atoms with E-state index in [0.29, 0.717) is 29.5 Å². The Bertz CT molecular complexity index is 976. The molecule has 0 aliphatic carbocycles. The van der Waals surface area contributed by atoms with Crippen LogP contribution in [-0.4, -0.2) is 45.2 Å². The summed E-state index contributed by atoms with van der Waals surface area (Å²) in [6.07, 6.45) is 0.701. The highest BCUT2D eigenvalue weighted by Gasteiger charge is 2.13. The highest BCUT2D eigenvalue weighted by molar-refractivity contribution is 7.22. The first-order valence-electron chi connectivity index (χ1n) is 8.75. The van der Waals surface area contributed by atoms with Crippen molar-refractivity contribution in [1.82, 2.24) is 10.3 Å². The number of halogens is 1. The predicted molar refractivity (Wildman–Crippen MR) is 114 cm³/mol. The molecule has 3 rings (SSSR count). The Hall–Kier alpha value is -2.51. The summed E-state index contributed by atoms with van der Waals surface area (Å²) in [6.45, 7) is 0.761. The van der Waals surface area contributed by atoms with Crippen molar-refractivity contribution in [2.45, 2.75) is 6.42 Å². The Morgan fingerprint density at radius 3 is 2.71 bits per heavy atom. The van der Waals surface area contributed by atoms with E-state index in [9.17, 15) is 4.79 Å². The molecule has 0 aliphatic heterocycles. The molecule has 1 amide bonds. The van der Waals surface area contributed by atoms with E-state index in [1.54, 1.807) is 14.2 Å². The number of hydrogen-bond acceptors (Lipinski definition) is 6. The number of fused-ring (bicyclic) bond motifs is 1. The SMILES string of the molecule is COc1ccc(CCNC(=O)CN(C)c2nc3c(Cl)cccc3s2)cc1OC. The van der Waals surface area contributed by atoms with Crippen LogP contribution in [-0.2, 0) is 11.2 Å². The number of nitrogens with zero attached hydrogens (tertiary/aromatic N) is 2. The monoisotopic (exact) mass is 419 g/mol. The first kappa shape index (κ1) is 20.2. The van der Waals surface area contributed by atoms with Crippen LogP contribution in [0.2, 0.25) is 5.02 Å². The topological polar surface area (TPSA) is 63.7 Å². The minimum Gasteiger partial charge on any atom is -0.493 e. The highest BCUT2D eigenvalue weighted by Crippen LogP contribution is 2.32. The number of ether oxygens (including phenoxy) is 2. The Labute approximate surface area is 173 Å². The summed E-state index contributed by atoms with van der Waals surface area (Å²) in [5.74, 6) is 1.31. The molecular formula is C20H22ClN3O3S. The van der Waals surface area contributed by atoms with E-state index in [2.05, 4.69) is 10.3 Å². The van der Waals surface area contributed by atoms with Gasteiger partial charge in [-0.2, -0.15) is 0 Å². The Balaban J connectivity index is 1.53. The van der Waals surface area contributed by atoms with Crippen molar-refractivity contribution in [3.63, 3.8) is 0 Å². The fourth-order valence-electron chi connectivity index (χ4n) is 2.79. The average Bonchev–Trinajstić information content (AvgIpc) is 3.14. The van der Waals surface area contributed by atoms with Crippen LogP contribution in [0.15, 0.2) is 36.4 Å². The third kappa shape index (κ3) is 4.66. The van der Waals surface area contributed by atoms with E-state index < -0.39 is 0 Å². The van der Waals surface area contributed by atoms with Crippen molar-refractivity contribution < 1.29 is 14.3 Å². The van der Waals surface area contributed by atoms with Crippen LogP contribution >= 0.6 is 22.9 Å². The van der Waals surface area contributed by atoms with Gasteiger partial charge in [-0.25, -0.2) is 4.98 Å². The molecule has 3 aromatic rings. The van der Waals surface area contributed by atoms with E-state index in [-0.39, 0.29) is 12.5 Å². The summed E-state index contributed by atoms with van der Waals surface area (Å²) >= 11 is 7.69. The van der Waals surface area contributed by atoms with Gasteiger partial charge in [0.2, 0.25) is 5.91 Å². The van der Waals surface area contributed by atoms with Crippen LogP contribution in [0.25, 0.3) is 10.2 Å². The van der Waals surface area contributed by atoms with Gasteiger partial charge < -0.3 is 19.7 Å². The van der Waals surface area contributed by atoms with Gasteiger partial charge in [0.15, 0.2) is 16.6 Å². The lowest BCUT2D eigenvalue weighted by Crippen LogP contribution is -2.36. The second-order valence-electron chi connectivity index (χ2n) is 6.23. The van der Waals surface area contributed by atoms with Crippen LogP contribution in [0, 0.1) is 0 Å². The van der Waals surface area contributed by atoms with Gasteiger partial charge in [0, 0.05) is 13.6 Å². The molecule has 1 N–H and O–H groups in total. The van der Waals surface area contributed by atoms with Crippen molar-refractivity contribution in [1.29, 1.82) is 0 Å². The number of aromatic nitrogens is 1. The number of carbonyl (C=O) groups is 1. The number of anilines is 1. The molecule has 6 nitrogen and oxygen atoms in total. The van der Waals surface area contributed by atoms with E-state index in [0.717, 1.165) is 20.9 Å². The maximum atomic E-state index is 12.3. The average molecular weight is 420 g/mol. The molecule has 0 radical (unpaired) electrons. The molecule has 0 saturated heterocycles. The van der Waals surface area contributed by atoms with Crippen LogP contribution < -0.4 is 19.7 Å². The molecule has 0 aliphatic rings. The Kier molecular flexibility index (Phi) is 6.59. The van der Waals surface area contributed by atoms with E-state index in [1.165, 1.54) is 11.3 Å². The van der Waals surface area contributed by atoms with Gasteiger partial charge >= 0.3 is 0 Å². The summed E-state index contributed by atoms with van der Waals surface area (Å²) in [7, 11) is 5.06. The van der Waals surface area contributed by atoms with E-state index >= 15 is 0 Å². The first-order valence-corrected chi connectivity index (χ1v) is 9.95. The minimum atomic E-state index is -0.0617. The van der Waals surface area contributed by atoms with Crippen LogP contribution in [0.3, 0.4) is 0 Å². The maximum Gasteiger partial charge on any atom is 0.239 e. The highest BCUT2D eigenvalue weighted by atomic mass is 35.5. The fraction of sp³-hybridized carbons (Fsp3) is 0.300. The largest absolute Gasteiger partial charge is 0.493 e. The molecule has 0 atom stereocenters. The lowest BCUT2D eigenvalue weighted by molar-refractivity contribution is -0.119. The van der Waals surface area contributed by atoms with Crippen molar-refractivity contribution >= 4 is 44.2 Å². The number of amides is 1. The summed E-state index contributed by atoms with van der Waals surface area (Å²) in [5, 5.41) is 4.32. The maximum absolute atomic E-state index is 12.3. The number of thiazole rings is 1. The number of carbonyl (C=O) groups excluding carboxylic acids is 1. The lowest BCUT2D eigenvalue weighted by atomic mass is 10.1. The molecule has 28 heavy (non-hydrogen) atoms. The van der Waals surface area contributed by atoms with Gasteiger partial charge in [-0.15, -0.1) is 0 Å². The first-order chi connectivity index (χ1) is 13.5. The number of methoxy groups -OCH3 is 2. The summed E-state index contributed by atoms with van der Waals surface area (Å²) in [6, 6.07) is 11.4. The Morgan fingerprint density at radius 2 is 2.00 bits per heavy atom. The van der Waals surface area contributed by atoms with Crippen molar-refractivity contribution in [2.75, 3.05) is 39.3 Å². The van der Waals surface area contributed by atoms with Crippen molar-refractivity contribution in [3.8, 4) is 11.5 Å². The number of hydrogen-bond donors (Lipinski definition) is 1. The summed E-state index contributed by atoms with van der Waals surface area (Å²) < 4.78 is 11.5. The zero-order valence-electron chi connectivity index (χ0n) is 16.0. The molecule has 0 bridgehead atoms.